The molecule has 0 radical (unpaired) electrons. The molecule has 0 spiro atoms. The van der Waals surface area contributed by atoms with Gasteiger partial charge in [0.15, 0.2) is 0 Å². The van der Waals surface area contributed by atoms with Crippen LogP contribution in [0, 0.1) is 3.57 Å². The Balaban J connectivity index is 0.000000138. The van der Waals surface area contributed by atoms with E-state index in [0.717, 1.165) is 14.5 Å². The number of benzene rings is 6. The van der Waals surface area contributed by atoms with Crippen molar-refractivity contribution < 1.29 is 10.0 Å². The van der Waals surface area contributed by atoms with E-state index < -0.39 is 7.12 Å². The van der Waals surface area contributed by atoms with Gasteiger partial charge >= 0.3 is 7.12 Å². The molecule has 0 amide bonds. The van der Waals surface area contributed by atoms with Gasteiger partial charge < -0.3 is 10.0 Å². The van der Waals surface area contributed by atoms with Crippen LogP contribution in [0.4, 0.5) is 0 Å². The molecule has 240 valence electrons. The zero-order valence-electron chi connectivity index (χ0n) is 27.3. The second-order valence-electron chi connectivity index (χ2n) is 13.2. The van der Waals surface area contributed by atoms with Gasteiger partial charge in [0, 0.05) is 23.3 Å². The van der Waals surface area contributed by atoms with Crippen LogP contribution in [0.5, 0.6) is 0 Å². The minimum Gasteiger partial charge on any atom is -0.423 e. The van der Waals surface area contributed by atoms with Crippen molar-refractivity contribution in [2.75, 3.05) is 0 Å². The van der Waals surface area contributed by atoms with Gasteiger partial charge in [-0.3, -0.25) is 0 Å². The van der Waals surface area contributed by atoms with E-state index >= 15 is 0 Å². The summed E-state index contributed by atoms with van der Waals surface area (Å²) < 4.78 is 3.52. The number of fused-ring (bicyclic) bond motifs is 6. The summed E-state index contributed by atoms with van der Waals surface area (Å²) >= 11 is 9.20. The Kier molecular flexibility index (Phi) is 10.2. The number of hydrogen-bond donors (Lipinski definition) is 2. The van der Waals surface area contributed by atoms with Crippen molar-refractivity contribution in [1.29, 1.82) is 0 Å². The highest BCUT2D eigenvalue weighted by atomic mass is 127. The van der Waals surface area contributed by atoms with Gasteiger partial charge in [0.25, 0.3) is 0 Å². The van der Waals surface area contributed by atoms with E-state index in [-0.39, 0.29) is 10.8 Å². The number of halogens is 3. The summed E-state index contributed by atoms with van der Waals surface area (Å²) in [6.07, 6.45) is 0. The average molecular weight is 870 g/mol. The van der Waals surface area contributed by atoms with Gasteiger partial charge in [-0.25, -0.2) is 0 Å². The highest BCUT2D eigenvalue weighted by molar-refractivity contribution is 14.1. The second kappa shape index (κ2) is 14.1. The highest BCUT2D eigenvalue weighted by Gasteiger charge is 2.36. The van der Waals surface area contributed by atoms with Crippen LogP contribution in [-0.2, 0) is 10.8 Å². The third-order valence-electron chi connectivity index (χ3n) is 9.43. The van der Waals surface area contributed by atoms with Crippen molar-refractivity contribution in [3.8, 4) is 33.4 Å². The van der Waals surface area contributed by atoms with Crippen molar-refractivity contribution >= 4 is 67.0 Å². The smallest absolute Gasteiger partial charge is 0.423 e. The fourth-order valence-corrected chi connectivity index (χ4v) is 8.66. The molecule has 0 atom stereocenters. The molecule has 0 unspecified atom stereocenters. The van der Waals surface area contributed by atoms with E-state index in [1.807, 2.05) is 36.4 Å². The van der Waals surface area contributed by atoms with E-state index in [0.29, 0.717) is 5.46 Å². The van der Waals surface area contributed by atoms with E-state index in [1.165, 1.54) is 53.6 Å². The van der Waals surface area contributed by atoms with E-state index in [1.54, 1.807) is 6.07 Å². The van der Waals surface area contributed by atoms with Crippen LogP contribution in [0.1, 0.15) is 49.9 Å². The lowest BCUT2D eigenvalue weighted by atomic mass is 9.75. The summed E-state index contributed by atoms with van der Waals surface area (Å²) in [4.78, 5) is 0. The topological polar surface area (TPSA) is 40.5 Å². The second-order valence-corrected chi connectivity index (χ2v) is 16.3. The summed E-state index contributed by atoms with van der Waals surface area (Å²) in [5.74, 6) is 0. The van der Waals surface area contributed by atoms with Gasteiger partial charge in [-0.15, -0.1) is 0 Å². The van der Waals surface area contributed by atoms with Crippen molar-refractivity contribution in [3.63, 3.8) is 0 Å². The van der Waals surface area contributed by atoms with Crippen LogP contribution < -0.4 is 5.46 Å². The minimum absolute atomic E-state index is 0.0634. The van der Waals surface area contributed by atoms with Crippen molar-refractivity contribution in [3.05, 3.63) is 168 Å². The SMILES string of the molecule is Brc1cccc(I)c1.CC1(C)c2ccccc2-c2ccc(-c3cccc(Br)c3)cc21.CC1(C)c2ccccc2-c2ccc(B(O)O)cc21. The predicted octanol–water partition coefficient (Wildman–Crippen LogP) is 11.1. The first-order valence-electron chi connectivity index (χ1n) is 15.9. The lowest BCUT2D eigenvalue weighted by Gasteiger charge is -2.22. The van der Waals surface area contributed by atoms with Crippen molar-refractivity contribution in [2.45, 2.75) is 38.5 Å². The first-order chi connectivity index (χ1) is 22.9. The third-order valence-corrected chi connectivity index (χ3v) is 11.1. The van der Waals surface area contributed by atoms with Crippen LogP contribution in [0.15, 0.2) is 142 Å². The average Bonchev–Trinajstić information content (AvgIpc) is 3.44. The Hall–Kier alpha value is -3.01. The Morgan fingerprint density at radius 3 is 1.48 bits per heavy atom. The highest BCUT2D eigenvalue weighted by Crippen LogP contribution is 2.50. The number of hydrogen-bond acceptors (Lipinski definition) is 2. The van der Waals surface area contributed by atoms with Crippen molar-refractivity contribution in [1.82, 2.24) is 0 Å². The monoisotopic (exact) mass is 868 g/mol. The van der Waals surface area contributed by atoms with E-state index in [4.69, 9.17) is 0 Å². The fourth-order valence-electron chi connectivity index (χ4n) is 6.89. The van der Waals surface area contributed by atoms with E-state index in [2.05, 4.69) is 173 Å². The summed E-state index contributed by atoms with van der Waals surface area (Å²) in [7, 11) is -1.41. The molecular formula is C42H36BBr2IO2. The molecule has 6 aromatic rings. The van der Waals surface area contributed by atoms with Crippen LogP contribution in [-0.4, -0.2) is 17.2 Å². The lowest BCUT2D eigenvalue weighted by molar-refractivity contribution is 0.425. The molecule has 0 fully saturated rings. The maximum atomic E-state index is 9.30. The molecule has 0 bridgehead atoms. The summed E-state index contributed by atoms with van der Waals surface area (Å²) in [5, 5.41) is 18.6. The van der Waals surface area contributed by atoms with Crippen molar-refractivity contribution in [2.24, 2.45) is 0 Å². The Morgan fingerprint density at radius 1 is 0.479 bits per heavy atom. The van der Waals surface area contributed by atoms with Crippen LogP contribution in [0.25, 0.3) is 33.4 Å². The first kappa shape index (κ1) is 34.8. The molecule has 2 N–H and O–H groups in total. The van der Waals surface area contributed by atoms with Gasteiger partial charge in [0.1, 0.15) is 0 Å². The molecule has 6 heteroatoms. The number of rotatable bonds is 2. The maximum absolute atomic E-state index is 9.30. The standard InChI is InChI=1S/C21H17Br.C15H15BO2.C6H4BrI/c1-21(2)19-9-4-3-8-17(19)18-11-10-15(13-20(18)21)14-6-5-7-16(22)12-14;1-15(2)13-6-4-3-5-11(13)12-8-7-10(16(17)18)9-14(12)15;7-5-2-1-3-6(8)4-5/h3-13H,1-2H3;3-9,17-18H,1-2H3;1-4H. The Bertz CT molecular complexity index is 2100. The first-order valence-corrected chi connectivity index (χ1v) is 18.6. The van der Waals surface area contributed by atoms with Crippen LogP contribution in [0.3, 0.4) is 0 Å². The largest absolute Gasteiger partial charge is 0.488 e. The van der Waals surface area contributed by atoms with E-state index in [9.17, 15) is 10.0 Å². The summed E-state index contributed by atoms with van der Waals surface area (Å²) in [5.41, 5.74) is 13.6. The molecule has 2 aliphatic rings. The zero-order valence-corrected chi connectivity index (χ0v) is 32.6. The molecule has 8 rings (SSSR count). The molecule has 2 aliphatic carbocycles. The molecule has 48 heavy (non-hydrogen) atoms. The van der Waals surface area contributed by atoms with Gasteiger partial charge in [-0.1, -0.05) is 157 Å². The molecule has 0 aliphatic heterocycles. The molecule has 0 aromatic heterocycles. The minimum atomic E-state index is -1.41. The Morgan fingerprint density at radius 2 is 0.958 bits per heavy atom. The quantitative estimate of drug-likeness (QED) is 0.134. The van der Waals surface area contributed by atoms with Crippen LogP contribution >= 0.6 is 54.5 Å². The maximum Gasteiger partial charge on any atom is 0.488 e. The molecule has 6 aromatic carbocycles. The zero-order chi connectivity index (χ0) is 34.2. The molecule has 0 saturated heterocycles. The predicted molar refractivity (Wildman–Crippen MR) is 218 cm³/mol. The van der Waals surface area contributed by atoms with Gasteiger partial charge in [-0.2, -0.15) is 0 Å². The fraction of sp³-hybridized carbons (Fsp3) is 0.143. The lowest BCUT2D eigenvalue weighted by Crippen LogP contribution is -2.31. The summed E-state index contributed by atoms with van der Waals surface area (Å²) in [6.45, 7) is 8.99. The normalized spacial score (nSPS) is 13.9. The molecule has 0 heterocycles. The van der Waals surface area contributed by atoms with Crippen LogP contribution in [0.2, 0.25) is 0 Å². The third kappa shape index (κ3) is 6.88. The molecule has 0 saturated carbocycles. The molecular weight excluding hydrogens is 834 g/mol. The van der Waals surface area contributed by atoms with Gasteiger partial charge in [0.05, 0.1) is 0 Å². The van der Waals surface area contributed by atoms with Gasteiger partial charge in [0.2, 0.25) is 0 Å². The summed E-state index contributed by atoms with van der Waals surface area (Å²) in [6, 6.07) is 46.3. The van der Waals surface area contributed by atoms with Gasteiger partial charge in [-0.05, 0) is 120 Å². The Labute approximate surface area is 314 Å². The molecule has 2 nitrogen and oxygen atoms in total.